The second kappa shape index (κ2) is 9.44. The van der Waals surface area contributed by atoms with Crippen LogP contribution in [0.25, 0.3) is 0 Å². The molecular weight excluding hydrogens is 430 g/mol. The van der Waals surface area contributed by atoms with Gasteiger partial charge in [-0.2, -0.15) is 0 Å². The summed E-state index contributed by atoms with van der Waals surface area (Å²) >= 11 is 6.33. The average Bonchev–Trinajstić information content (AvgIpc) is 2.83. The first-order chi connectivity index (χ1) is 15.5. The third kappa shape index (κ3) is 4.34. The highest BCUT2D eigenvalue weighted by Crippen LogP contribution is 2.35. The van der Waals surface area contributed by atoms with Crippen molar-refractivity contribution in [2.24, 2.45) is 0 Å². The topological polar surface area (TPSA) is 80.8 Å². The van der Waals surface area contributed by atoms with Crippen molar-refractivity contribution < 1.29 is 19.1 Å². The van der Waals surface area contributed by atoms with E-state index in [1.165, 1.54) is 7.11 Å². The molecule has 0 saturated carbocycles. The molecule has 1 aromatic heterocycles. The van der Waals surface area contributed by atoms with Gasteiger partial charge in [-0.1, -0.05) is 23.7 Å². The number of carbonyl (C=O) groups excluding carboxylic acids is 2. The number of rotatable bonds is 5. The van der Waals surface area contributed by atoms with Crippen molar-refractivity contribution in [1.29, 1.82) is 0 Å². The number of ether oxygens (including phenoxy) is 2. The van der Waals surface area contributed by atoms with Gasteiger partial charge in [0, 0.05) is 29.8 Å². The molecule has 0 radical (unpaired) electrons. The number of nitrogens with zero attached hydrogens (tertiary/aromatic N) is 2. The molecule has 2 amide bonds. The van der Waals surface area contributed by atoms with Gasteiger partial charge in [-0.15, -0.1) is 0 Å². The summed E-state index contributed by atoms with van der Waals surface area (Å²) in [6, 6.07) is 9.90. The molecule has 4 rings (SSSR count). The van der Waals surface area contributed by atoms with Crippen LogP contribution in [0, 0.1) is 0 Å². The number of methoxy groups -OCH3 is 2. The zero-order valence-corrected chi connectivity index (χ0v) is 18.6. The summed E-state index contributed by atoms with van der Waals surface area (Å²) in [7, 11) is 3.09. The first-order valence-corrected chi connectivity index (χ1v) is 10.7. The second-order valence-electron chi connectivity index (χ2n) is 7.60. The highest BCUT2D eigenvalue weighted by Gasteiger charge is 2.38. The number of nitrogens with one attached hydrogen (secondary N) is 1. The van der Waals surface area contributed by atoms with Gasteiger partial charge in [-0.3, -0.25) is 14.6 Å². The molecule has 2 aliphatic rings. The molecule has 2 unspecified atom stereocenters. The maximum absolute atomic E-state index is 13.4. The van der Waals surface area contributed by atoms with Crippen LogP contribution in [-0.4, -0.2) is 54.5 Å². The van der Waals surface area contributed by atoms with Crippen LogP contribution in [0.2, 0.25) is 0 Å². The minimum Gasteiger partial charge on any atom is -0.493 e. The molecular formula is C24H24ClN3O4. The van der Waals surface area contributed by atoms with Crippen LogP contribution in [0.15, 0.2) is 65.4 Å². The number of hydrogen-bond acceptors (Lipinski definition) is 5. The summed E-state index contributed by atoms with van der Waals surface area (Å²) in [5, 5.41) is 3.73. The molecule has 1 aliphatic carbocycles. The monoisotopic (exact) mass is 453 g/mol. The number of benzene rings is 1. The molecule has 2 atom stereocenters. The molecule has 0 bridgehead atoms. The molecule has 8 heteroatoms. The van der Waals surface area contributed by atoms with Gasteiger partial charge < -0.3 is 19.7 Å². The molecule has 1 saturated heterocycles. The molecule has 1 aromatic carbocycles. The number of pyridine rings is 1. The van der Waals surface area contributed by atoms with Gasteiger partial charge in [0.15, 0.2) is 11.5 Å². The van der Waals surface area contributed by atoms with E-state index in [1.54, 1.807) is 49.7 Å². The highest BCUT2D eigenvalue weighted by molar-refractivity contribution is 6.29. The Labute approximate surface area is 191 Å². The number of allylic oxidation sites excluding steroid dienone is 2. The maximum atomic E-state index is 13.4. The summed E-state index contributed by atoms with van der Waals surface area (Å²) in [6.07, 6.45) is 6.42. The van der Waals surface area contributed by atoms with E-state index in [0.717, 1.165) is 5.57 Å². The number of hydrogen-bond donors (Lipinski definition) is 1. The van der Waals surface area contributed by atoms with Crippen molar-refractivity contribution in [2.45, 2.75) is 24.9 Å². The van der Waals surface area contributed by atoms with Crippen molar-refractivity contribution >= 4 is 23.4 Å². The summed E-state index contributed by atoms with van der Waals surface area (Å²) < 4.78 is 10.6. The quantitative estimate of drug-likeness (QED) is 0.748. The fraction of sp³-hybridized carbons (Fsp3) is 0.292. The van der Waals surface area contributed by atoms with Crippen LogP contribution in [0.5, 0.6) is 11.5 Å². The van der Waals surface area contributed by atoms with Gasteiger partial charge in [0.1, 0.15) is 5.69 Å². The van der Waals surface area contributed by atoms with Gasteiger partial charge in [0.05, 0.1) is 26.3 Å². The lowest BCUT2D eigenvalue weighted by Gasteiger charge is -2.43. The Morgan fingerprint density at radius 3 is 2.66 bits per heavy atom. The molecule has 7 nitrogen and oxygen atoms in total. The standard InChI is InChI=1S/C24H24ClN3O4/c1-31-21-9-6-15(13-22(21)32-2)24(30)28-12-10-18(17-8-7-16(25)14-20(17)28)27-23(29)19-5-3-4-11-26-19/h3-9,11,13,18,20H,10,12,14H2,1-2H3,(H,27,29). The van der Waals surface area contributed by atoms with Crippen LogP contribution < -0.4 is 14.8 Å². The number of amides is 2. The Morgan fingerprint density at radius 1 is 1.12 bits per heavy atom. The van der Waals surface area contributed by atoms with Crippen molar-refractivity contribution in [3.05, 3.63) is 76.6 Å². The van der Waals surface area contributed by atoms with E-state index >= 15 is 0 Å². The molecule has 166 valence electrons. The lowest BCUT2D eigenvalue weighted by molar-refractivity contribution is 0.0652. The van der Waals surface area contributed by atoms with Gasteiger partial charge in [0.25, 0.3) is 11.8 Å². The zero-order valence-electron chi connectivity index (χ0n) is 17.9. The Morgan fingerprint density at radius 2 is 1.94 bits per heavy atom. The van der Waals surface area contributed by atoms with E-state index in [1.807, 2.05) is 17.1 Å². The first-order valence-electron chi connectivity index (χ1n) is 10.3. The van der Waals surface area contributed by atoms with Crippen LogP contribution >= 0.6 is 11.6 Å². The third-order valence-electron chi connectivity index (χ3n) is 5.76. The minimum atomic E-state index is -0.240. The SMILES string of the molecule is COc1ccc(C(=O)N2CCC(NC(=O)c3ccccn3)C3=CC=C(Cl)CC32)cc1OC. The van der Waals surface area contributed by atoms with E-state index in [0.29, 0.717) is 47.2 Å². The summed E-state index contributed by atoms with van der Waals surface area (Å²) in [5.41, 5.74) is 1.82. The zero-order chi connectivity index (χ0) is 22.7. The summed E-state index contributed by atoms with van der Waals surface area (Å²) in [6.45, 7) is 0.479. The van der Waals surface area contributed by atoms with Crippen LogP contribution in [0.4, 0.5) is 0 Å². The maximum Gasteiger partial charge on any atom is 0.270 e. The lowest BCUT2D eigenvalue weighted by Crippen LogP contribution is -2.54. The number of likely N-dealkylation sites (tertiary alicyclic amines) is 1. The van der Waals surface area contributed by atoms with E-state index < -0.39 is 0 Å². The first kappa shape index (κ1) is 21.9. The molecule has 32 heavy (non-hydrogen) atoms. The molecule has 1 N–H and O–H groups in total. The highest BCUT2D eigenvalue weighted by atomic mass is 35.5. The Bertz CT molecular complexity index is 1080. The Hall–Kier alpha value is -3.32. The van der Waals surface area contributed by atoms with E-state index in [-0.39, 0.29) is 23.9 Å². The molecule has 0 spiro atoms. The predicted molar refractivity (Wildman–Crippen MR) is 121 cm³/mol. The third-order valence-corrected chi connectivity index (χ3v) is 6.04. The van der Waals surface area contributed by atoms with Crippen molar-refractivity contribution in [2.75, 3.05) is 20.8 Å². The smallest absolute Gasteiger partial charge is 0.270 e. The van der Waals surface area contributed by atoms with Crippen molar-refractivity contribution in [1.82, 2.24) is 15.2 Å². The number of aromatic nitrogens is 1. The van der Waals surface area contributed by atoms with Crippen molar-refractivity contribution in [3.63, 3.8) is 0 Å². The molecule has 1 fully saturated rings. The lowest BCUT2D eigenvalue weighted by atomic mass is 9.85. The van der Waals surface area contributed by atoms with Crippen LogP contribution in [0.3, 0.4) is 0 Å². The number of fused-ring (bicyclic) bond motifs is 1. The van der Waals surface area contributed by atoms with Gasteiger partial charge >= 0.3 is 0 Å². The summed E-state index contributed by atoms with van der Waals surface area (Å²) in [4.78, 5) is 32.0. The molecule has 2 heterocycles. The van der Waals surface area contributed by atoms with Crippen LogP contribution in [-0.2, 0) is 0 Å². The Balaban J connectivity index is 1.57. The minimum absolute atomic E-state index is 0.122. The predicted octanol–water partition coefficient (Wildman–Crippen LogP) is 3.56. The van der Waals surface area contributed by atoms with E-state index in [9.17, 15) is 9.59 Å². The van der Waals surface area contributed by atoms with Gasteiger partial charge in [0.2, 0.25) is 0 Å². The van der Waals surface area contributed by atoms with Gasteiger partial charge in [-0.05, 0) is 48.4 Å². The van der Waals surface area contributed by atoms with E-state index in [4.69, 9.17) is 21.1 Å². The van der Waals surface area contributed by atoms with E-state index in [2.05, 4.69) is 10.3 Å². The average molecular weight is 454 g/mol. The second-order valence-corrected chi connectivity index (χ2v) is 8.08. The van der Waals surface area contributed by atoms with Crippen LogP contribution in [0.1, 0.15) is 33.7 Å². The molecule has 2 aromatic rings. The Kier molecular flexibility index (Phi) is 6.46. The summed E-state index contributed by atoms with van der Waals surface area (Å²) in [5.74, 6) is 0.690. The molecule has 1 aliphatic heterocycles. The largest absolute Gasteiger partial charge is 0.493 e. The fourth-order valence-electron chi connectivity index (χ4n) is 4.16. The number of piperidine rings is 1. The number of carbonyl (C=O) groups is 2. The van der Waals surface area contributed by atoms with Crippen molar-refractivity contribution in [3.8, 4) is 11.5 Å². The normalized spacial score (nSPS) is 19.9. The number of halogens is 1. The van der Waals surface area contributed by atoms with Gasteiger partial charge in [-0.25, -0.2) is 0 Å². The fourth-order valence-corrected chi connectivity index (χ4v) is 4.37.